The van der Waals surface area contributed by atoms with E-state index in [2.05, 4.69) is 34.9 Å². The highest BCUT2D eigenvalue weighted by Gasteiger charge is 2.29. The molecule has 0 aromatic heterocycles. The van der Waals surface area contributed by atoms with Crippen molar-refractivity contribution < 1.29 is 24.2 Å². The molecule has 180 valence electrons. The molecule has 3 aromatic rings. The zero-order chi connectivity index (χ0) is 24.8. The van der Waals surface area contributed by atoms with E-state index in [4.69, 9.17) is 4.74 Å². The SMILES string of the molecule is CCCC(CC(=O)Nc1ccccc1C(=O)O)NC(=O)OCC1c2ccccc2-c2ccccc21. The Morgan fingerprint density at radius 1 is 0.914 bits per heavy atom. The summed E-state index contributed by atoms with van der Waals surface area (Å²) < 4.78 is 5.61. The maximum absolute atomic E-state index is 12.6. The van der Waals surface area contributed by atoms with E-state index in [1.54, 1.807) is 12.1 Å². The predicted molar refractivity (Wildman–Crippen MR) is 134 cm³/mol. The number of fused-ring (bicyclic) bond motifs is 3. The first-order valence-electron chi connectivity index (χ1n) is 11.7. The van der Waals surface area contributed by atoms with Crippen molar-refractivity contribution >= 4 is 23.7 Å². The number of benzene rings is 3. The van der Waals surface area contributed by atoms with E-state index in [0.717, 1.165) is 28.7 Å². The lowest BCUT2D eigenvalue weighted by Crippen LogP contribution is -2.38. The average molecular weight is 473 g/mol. The minimum absolute atomic E-state index is 0.00594. The molecule has 35 heavy (non-hydrogen) atoms. The quantitative estimate of drug-likeness (QED) is 0.386. The number of rotatable bonds is 9. The van der Waals surface area contributed by atoms with Crippen molar-refractivity contribution in [3.05, 3.63) is 89.5 Å². The van der Waals surface area contributed by atoms with Crippen LogP contribution in [-0.2, 0) is 9.53 Å². The maximum atomic E-state index is 12.6. The summed E-state index contributed by atoms with van der Waals surface area (Å²) in [4.78, 5) is 36.6. The number of anilines is 1. The summed E-state index contributed by atoms with van der Waals surface area (Å²) in [6, 6.07) is 22.0. The van der Waals surface area contributed by atoms with Crippen LogP contribution in [0.1, 0.15) is 53.6 Å². The largest absolute Gasteiger partial charge is 0.478 e. The Kier molecular flexibility index (Phi) is 7.45. The summed E-state index contributed by atoms with van der Waals surface area (Å²) >= 11 is 0. The number of carbonyl (C=O) groups is 3. The van der Waals surface area contributed by atoms with Crippen molar-refractivity contribution in [3.63, 3.8) is 0 Å². The highest BCUT2D eigenvalue weighted by atomic mass is 16.5. The standard InChI is InChI=1S/C28H28N2O5/c1-2-9-18(16-26(31)30-25-15-8-7-14-23(25)27(32)33)29-28(34)35-17-24-21-12-5-3-10-19(21)20-11-4-6-13-22(20)24/h3-8,10-15,18,24H,2,9,16-17H2,1H3,(H,29,34)(H,30,31)(H,32,33). The zero-order valence-corrected chi connectivity index (χ0v) is 19.5. The van der Waals surface area contributed by atoms with Crippen molar-refractivity contribution in [1.29, 1.82) is 0 Å². The second-order valence-electron chi connectivity index (χ2n) is 8.56. The second kappa shape index (κ2) is 10.9. The first-order valence-corrected chi connectivity index (χ1v) is 11.7. The van der Waals surface area contributed by atoms with Crippen molar-refractivity contribution in [2.45, 2.75) is 38.1 Å². The second-order valence-corrected chi connectivity index (χ2v) is 8.56. The Hall–Kier alpha value is -4.13. The van der Waals surface area contributed by atoms with Crippen molar-refractivity contribution in [1.82, 2.24) is 5.32 Å². The summed E-state index contributed by atoms with van der Waals surface area (Å²) in [5.74, 6) is -1.55. The van der Waals surface area contributed by atoms with Crippen molar-refractivity contribution in [2.75, 3.05) is 11.9 Å². The molecule has 1 aliphatic carbocycles. The molecular formula is C28H28N2O5. The van der Waals surface area contributed by atoms with Crippen LogP contribution in [0.4, 0.5) is 10.5 Å². The Bertz CT molecular complexity index is 1190. The molecule has 1 unspecified atom stereocenters. The molecule has 3 aromatic carbocycles. The van der Waals surface area contributed by atoms with Gasteiger partial charge in [-0.05, 0) is 40.8 Å². The first kappa shape index (κ1) is 24.0. The number of carboxylic acids is 1. The summed E-state index contributed by atoms with van der Waals surface area (Å²) in [6.45, 7) is 2.15. The molecule has 1 atom stereocenters. The molecule has 2 amide bonds. The molecular weight excluding hydrogens is 444 g/mol. The molecule has 3 N–H and O–H groups in total. The highest BCUT2D eigenvalue weighted by molar-refractivity contribution is 6.00. The van der Waals surface area contributed by atoms with Crippen LogP contribution in [0, 0.1) is 0 Å². The van der Waals surface area contributed by atoms with Gasteiger partial charge in [-0.15, -0.1) is 0 Å². The molecule has 4 rings (SSSR count). The number of para-hydroxylation sites is 1. The van der Waals surface area contributed by atoms with E-state index in [0.29, 0.717) is 6.42 Å². The van der Waals surface area contributed by atoms with E-state index in [1.165, 1.54) is 12.1 Å². The van der Waals surface area contributed by atoms with Gasteiger partial charge in [-0.25, -0.2) is 9.59 Å². The van der Waals surface area contributed by atoms with E-state index < -0.39 is 18.1 Å². The third kappa shape index (κ3) is 5.51. The number of alkyl carbamates (subject to hydrolysis) is 1. The number of hydrogen-bond acceptors (Lipinski definition) is 4. The van der Waals surface area contributed by atoms with Crippen LogP contribution in [0.2, 0.25) is 0 Å². The lowest BCUT2D eigenvalue weighted by molar-refractivity contribution is -0.116. The minimum atomic E-state index is -1.12. The number of ether oxygens (including phenoxy) is 1. The van der Waals surface area contributed by atoms with Crippen LogP contribution in [-0.4, -0.2) is 35.7 Å². The van der Waals surface area contributed by atoms with E-state index >= 15 is 0 Å². The fourth-order valence-corrected chi connectivity index (χ4v) is 4.58. The molecule has 7 heteroatoms. The van der Waals surface area contributed by atoms with Gasteiger partial charge in [0.15, 0.2) is 0 Å². The van der Waals surface area contributed by atoms with Crippen molar-refractivity contribution in [2.24, 2.45) is 0 Å². The third-order valence-electron chi connectivity index (χ3n) is 6.17. The Labute approximate surface area is 204 Å². The number of carboxylic acid groups (broad SMARTS) is 1. The Balaban J connectivity index is 1.37. The number of hydrogen-bond donors (Lipinski definition) is 3. The molecule has 0 saturated heterocycles. The van der Waals surface area contributed by atoms with Gasteiger partial charge in [0, 0.05) is 18.4 Å². The van der Waals surface area contributed by atoms with Gasteiger partial charge in [0.1, 0.15) is 6.61 Å². The van der Waals surface area contributed by atoms with Gasteiger partial charge < -0.3 is 20.5 Å². The molecule has 0 spiro atoms. The molecule has 7 nitrogen and oxygen atoms in total. The van der Waals surface area contributed by atoms with Gasteiger partial charge in [-0.3, -0.25) is 4.79 Å². The molecule has 0 aliphatic heterocycles. The summed E-state index contributed by atoms with van der Waals surface area (Å²) in [5, 5.41) is 14.8. The molecule has 0 radical (unpaired) electrons. The van der Waals surface area contributed by atoms with Crippen LogP contribution < -0.4 is 10.6 Å². The predicted octanol–water partition coefficient (Wildman–Crippen LogP) is 5.42. The number of amides is 2. The van der Waals surface area contributed by atoms with Gasteiger partial charge in [0.2, 0.25) is 5.91 Å². The van der Waals surface area contributed by atoms with Crippen LogP contribution in [0.25, 0.3) is 11.1 Å². The van der Waals surface area contributed by atoms with Crippen molar-refractivity contribution in [3.8, 4) is 11.1 Å². The lowest BCUT2D eigenvalue weighted by Gasteiger charge is -2.19. The van der Waals surface area contributed by atoms with E-state index in [1.807, 2.05) is 31.2 Å². The fourth-order valence-electron chi connectivity index (χ4n) is 4.58. The van der Waals surface area contributed by atoms with E-state index in [-0.39, 0.29) is 36.1 Å². The highest BCUT2D eigenvalue weighted by Crippen LogP contribution is 2.44. The lowest BCUT2D eigenvalue weighted by atomic mass is 9.98. The monoisotopic (exact) mass is 472 g/mol. The normalized spacial score (nSPS) is 12.8. The maximum Gasteiger partial charge on any atom is 0.407 e. The number of nitrogens with one attached hydrogen (secondary N) is 2. The third-order valence-corrected chi connectivity index (χ3v) is 6.17. The van der Waals surface area contributed by atoms with Gasteiger partial charge in [0.25, 0.3) is 0 Å². The molecule has 0 heterocycles. The van der Waals surface area contributed by atoms with Gasteiger partial charge in [-0.2, -0.15) is 0 Å². The zero-order valence-electron chi connectivity index (χ0n) is 19.5. The van der Waals surface area contributed by atoms with Gasteiger partial charge in [0.05, 0.1) is 11.3 Å². The molecule has 0 bridgehead atoms. The summed E-state index contributed by atoms with van der Waals surface area (Å²) in [5.41, 5.74) is 4.79. The van der Waals surface area contributed by atoms with Crippen LogP contribution in [0.3, 0.4) is 0 Å². The van der Waals surface area contributed by atoms with Crippen LogP contribution in [0.15, 0.2) is 72.8 Å². The summed E-state index contributed by atoms with van der Waals surface area (Å²) in [6.07, 6.45) is 0.765. The summed E-state index contributed by atoms with van der Waals surface area (Å²) in [7, 11) is 0. The number of aromatic carboxylic acids is 1. The Morgan fingerprint density at radius 2 is 1.51 bits per heavy atom. The van der Waals surface area contributed by atoms with Crippen LogP contribution in [0.5, 0.6) is 0 Å². The Morgan fingerprint density at radius 3 is 2.14 bits per heavy atom. The first-order chi connectivity index (χ1) is 17.0. The van der Waals surface area contributed by atoms with Gasteiger partial charge in [-0.1, -0.05) is 74.0 Å². The van der Waals surface area contributed by atoms with Crippen LogP contribution >= 0.6 is 0 Å². The average Bonchev–Trinajstić information content (AvgIpc) is 3.17. The molecule has 0 saturated carbocycles. The van der Waals surface area contributed by atoms with E-state index in [9.17, 15) is 19.5 Å². The topological polar surface area (TPSA) is 105 Å². The smallest absolute Gasteiger partial charge is 0.407 e. The van der Waals surface area contributed by atoms with Gasteiger partial charge >= 0.3 is 12.1 Å². The molecule has 0 fully saturated rings. The minimum Gasteiger partial charge on any atom is -0.478 e. The molecule has 1 aliphatic rings. The fraction of sp³-hybridized carbons (Fsp3) is 0.250. The number of carbonyl (C=O) groups excluding carboxylic acids is 2.